The molecular formula is CH6KNaO8P2. The van der Waals surface area contributed by atoms with Crippen molar-refractivity contribution in [3.63, 3.8) is 0 Å². The second-order valence-corrected chi connectivity index (χ2v) is 3.61. The first-order valence-corrected chi connectivity index (χ1v) is 4.95. The Morgan fingerprint density at radius 3 is 1.38 bits per heavy atom. The van der Waals surface area contributed by atoms with Crippen molar-refractivity contribution in [2.45, 2.75) is 0 Å². The van der Waals surface area contributed by atoms with E-state index < -0.39 is 15.6 Å². The molecule has 1 unspecified atom stereocenters. The maximum Gasteiger partial charge on any atom is 1.00 e. The molecule has 0 aliphatic rings. The van der Waals surface area contributed by atoms with E-state index in [1.807, 2.05) is 0 Å². The Morgan fingerprint density at radius 2 is 1.38 bits per heavy atom. The summed E-state index contributed by atoms with van der Waals surface area (Å²) in [5.41, 5.74) is 0. The number of rotatable bonds is 2. The first-order valence-electron chi connectivity index (χ1n) is 1.92. The maximum atomic E-state index is 9.59. The first kappa shape index (κ1) is 24.9. The van der Waals surface area contributed by atoms with E-state index in [0.29, 0.717) is 0 Å². The average Bonchev–Trinajstić information content (AvgIpc) is 1.60. The Balaban J connectivity index is -0.0000000941. The molecule has 0 fully saturated rings. The molecule has 0 saturated carbocycles. The van der Waals surface area contributed by atoms with Crippen molar-refractivity contribution < 1.29 is 119 Å². The molecule has 8 nitrogen and oxygen atoms in total. The first-order chi connectivity index (χ1) is 4.71. The summed E-state index contributed by atoms with van der Waals surface area (Å²) in [5, 5.41) is 8.25. The minimum Gasteiger partial charge on any atom is -0.857 e. The van der Waals surface area contributed by atoms with Crippen LogP contribution in [-0.2, 0) is 13.4 Å². The second-order valence-electron chi connectivity index (χ2n) is 1.04. The number of phosphoric acid groups is 2. The van der Waals surface area contributed by atoms with E-state index in [0.717, 1.165) is 7.11 Å². The van der Waals surface area contributed by atoms with Crippen molar-refractivity contribution in [3.8, 4) is 0 Å². The van der Waals surface area contributed by atoms with Crippen molar-refractivity contribution in [1.82, 2.24) is 0 Å². The Hall–Kier alpha value is 2.86. The van der Waals surface area contributed by atoms with Gasteiger partial charge in [-0.2, -0.15) is 7.11 Å². The van der Waals surface area contributed by atoms with E-state index >= 15 is 0 Å². The molecule has 0 aliphatic heterocycles. The standard InChI is InChI=1S/CH3O.K.Na.H4O7P2/c1-2;;;1-8(2,3)7-9(4,5)6/h1H3;;;(H2,1,2,3)(H2,4,5,6)/q-1;2*+1;/p-1. The van der Waals surface area contributed by atoms with Crippen LogP contribution in [0.5, 0.6) is 0 Å². The molecule has 0 spiro atoms. The summed E-state index contributed by atoms with van der Waals surface area (Å²) in [5.74, 6) is 0. The van der Waals surface area contributed by atoms with Gasteiger partial charge in [0.1, 0.15) is 0 Å². The van der Waals surface area contributed by atoms with E-state index in [1.165, 1.54) is 0 Å². The average molecular weight is 270 g/mol. The summed E-state index contributed by atoms with van der Waals surface area (Å²) in [6.07, 6.45) is 0. The second kappa shape index (κ2) is 11.3. The zero-order valence-electron chi connectivity index (χ0n) is 7.28. The van der Waals surface area contributed by atoms with Gasteiger partial charge < -0.3 is 24.7 Å². The molecular weight excluding hydrogens is 264 g/mol. The molecule has 0 aromatic rings. The molecule has 0 heterocycles. The van der Waals surface area contributed by atoms with Crippen molar-refractivity contribution >= 4 is 15.6 Å². The smallest absolute Gasteiger partial charge is 0.857 e. The van der Waals surface area contributed by atoms with Gasteiger partial charge in [0.2, 0.25) is 0 Å². The van der Waals surface area contributed by atoms with Gasteiger partial charge in [-0.1, -0.05) is 0 Å². The van der Waals surface area contributed by atoms with Crippen LogP contribution in [0.25, 0.3) is 0 Å². The molecule has 0 aromatic heterocycles. The van der Waals surface area contributed by atoms with Gasteiger partial charge in [-0.05, 0) is 0 Å². The van der Waals surface area contributed by atoms with Crippen LogP contribution < -0.4 is 90.9 Å². The van der Waals surface area contributed by atoms with Crippen molar-refractivity contribution in [2.75, 3.05) is 7.11 Å². The predicted octanol–water partition coefficient (Wildman–Crippen LogP) is -8.46. The normalized spacial score (nSPS) is 13.7. The summed E-state index contributed by atoms with van der Waals surface area (Å²) in [6, 6.07) is 0. The molecule has 0 saturated heterocycles. The molecule has 0 aliphatic carbocycles. The summed E-state index contributed by atoms with van der Waals surface area (Å²) < 4.78 is 21.9. The van der Waals surface area contributed by atoms with E-state index in [2.05, 4.69) is 4.31 Å². The van der Waals surface area contributed by atoms with Crippen LogP contribution in [0, 0.1) is 0 Å². The van der Waals surface area contributed by atoms with E-state index in [9.17, 15) is 14.0 Å². The SMILES string of the molecule is C[O-].O=P([O-])(O)OP(=O)(O)O.[K+].[Na+]. The summed E-state index contributed by atoms with van der Waals surface area (Å²) in [7, 11) is -9.66. The molecule has 0 radical (unpaired) electrons. The molecule has 13 heavy (non-hydrogen) atoms. The van der Waals surface area contributed by atoms with Gasteiger partial charge in [-0.25, -0.2) is 8.88 Å². The zero-order valence-corrected chi connectivity index (χ0v) is 14.2. The Bertz CT molecular complexity index is 163. The molecule has 12 heteroatoms. The van der Waals surface area contributed by atoms with Crippen LogP contribution in [0.4, 0.5) is 0 Å². The minimum atomic E-state index is -5.30. The summed E-state index contributed by atoms with van der Waals surface area (Å²) in [6.45, 7) is 0. The Morgan fingerprint density at radius 1 is 1.15 bits per heavy atom. The van der Waals surface area contributed by atoms with Crippen LogP contribution in [0.2, 0.25) is 0 Å². The summed E-state index contributed by atoms with van der Waals surface area (Å²) >= 11 is 0. The van der Waals surface area contributed by atoms with Crippen LogP contribution in [0.1, 0.15) is 0 Å². The quantitative estimate of drug-likeness (QED) is 0.330. The third-order valence-electron chi connectivity index (χ3n) is 0.210. The van der Waals surface area contributed by atoms with Gasteiger partial charge in [0.05, 0.1) is 0 Å². The van der Waals surface area contributed by atoms with Crippen molar-refractivity contribution in [2.24, 2.45) is 0 Å². The summed E-state index contributed by atoms with van der Waals surface area (Å²) in [4.78, 5) is 32.6. The van der Waals surface area contributed by atoms with Crippen molar-refractivity contribution in [1.29, 1.82) is 0 Å². The maximum absolute atomic E-state index is 9.59. The van der Waals surface area contributed by atoms with Crippen LogP contribution >= 0.6 is 15.6 Å². The Labute approximate surface area is 139 Å². The van der Waals surface area contributed by atoms with Crippen LogP contribution in [0.3, 0.4) is 0 Å². The Kier molecular flexibility index (Phi) is 21.7. The molecule has 0 amide bonds. The third kappa shape index (κ3) is 31.3. The molecule has 0 bridgehead atoms. The van der Waals surface area contributed by atoms with Gasteiger partial charge in [-0.15, -0.1) is 0 Å². The van der Waals surface area contributed by atoms with Gasteiger partial charge >= 0.3 is 88.8 Å². The molecule has 1 atom stereocenters. The fraction of sp³-hybridized carbons (Fsp3) is 1.00. The van der Waals surface area contributed by atoms with E-state index in [1.54, 1.807) is 0 Å². The van der Waals surface area contributed by atoms with Gasteiger partial charge in [-0.3, -0.25) is 4.57 Å². The molecule has 0 aromatic carbocycles. The van der Waals surface area contributed by atoms with Gasteiger partial charge in [0.15, 0.2) is 0 Å². The number of hydrogen-bond donors (Lipinski definition) is 3. The monoisotopic (exact) mass is 270 g/mol. The minimum absolute atomic E-state index is 0. The predicted molar refractivity (Wildman–Crippen MR) is 28.9 cm³/mol. The third-order valence-corrected chi connectivity index (χ3v) is 1.89. The van der Waals surface area contributed by atoms with Gasteiger partial charge in [0.25, 0.3) is 7.82 Å². The fourth-order valence-electron chi connectivity index (χ4n) is 0.134. The zero-order chi connectivity index (χ0) is 9.71. The fourth-order valence-corrected chi connectivity index (χ4v) is 1.21. The topological polar surface area (TPSA) is 150 Å². The van der Waals surface area contributed by atoms with Gasteiger partial charge in [0, 0.05) is 0 Å². The van der Waals surface area contributed by atoms with Crippen LogP contribution in [0.15, 0.2) is 0 Å². The molecule has 3 N–H and O–H groups in total. The molecule has 70 valence electrons. The van der Waals surface area contributed by atoms with Crippen LogP contribution in [-0.4, -0.2) is 21.8 Å². The van der Waals surface area contributed by atoms with Crippen molar-refractivity contribution in [3.05, 3.63) is 0 Å². The number of hydrogen-bond acceptors (Lipinski definition) is 5. The largest absolute Gasteiger partial charge is 1.00 e. The van der Waals surface area contributed by atoms with E-state index in [-0.39, 0.29) is 80.9 Å². The van der Waals surface area contributed by atoms with E-state index in [4.69, 9.17) is 19.8 Å². The molecule has 0 rings (SSSR count).